The van der Waals surface area contributed by atoms with Crippen molar-refractivity contribution in [1.82, 2.24) is 0 Å². The van der Waals surface area contributed by atoms with Gasteiger partial charge >= 0.3 is 0 Å². The Morgan fingerprint density at radius 1 is 0.592 bits per heavy atom. The van der Waals surface area contributed by atoms with E-state index in [1.54, 1.807) is 0 Å². The zero-order valence-electron chi connectivity index (χ0n) is 41.4. The Bertz CT molecular complexity index is 1870. The van der Waals surface area contributed by atoms with E-state index >= 15 is 0 Å². The van der Waals surface area contributed by atoms with Gasteiger partial charge in [-0.15, -0.1) is 0 Å². The SMILES string of the molecule is CC1CCC2(OC1)OC1CC3C4CC=C5CC(OC6OC(CO)C(OC7OC(C)C(O)C(OC8OC(CO)C(O)C(O)C8O)C7O)C(OC7OC(CO)C(O)C7O)C6O)CCC5(C)C4CCC3(C)C1C2C. The fourth-order valence-electron chi connectivity index (χ4n) is 15.3. The van der Waals surface area contributed by atoms with Gasteiger partial charge in [0.15, 0.2) is 30.9 Å². The lowest BCUT2D eigenvalue weighted by Gasteiger charge is -2.58. The average molecular weight is 1020 g/mol. The summed E-state index contributed by atoms with van der Waals surface area (Å²) in [5.74, 6) is 2.45. The first-order chi connectivity index (χ1) is 33.8. The Morgan fingerprint density at radius 2 is 1.18 bits per heavy atom. The number of rotatable bonds is 11. The summed E-state index contributed by atoms with van der Waals surface area (Å²) in [5, 5.41) is 118. The lowest BCUT2D eigenvalue weighted by molar-refractivity contribution is -0.388. The molecular weight excluding hydrogens is 937 g/mol. The van der Waals surface area contributed by atoms with Crippen molar-refractivity contribution in [3.63, 3.8) is 0 Å². The molecule has 30 unspecified atom stereocenters. The van der Waals surface area contributed by atoms with Gasteiger partial charge in [0.25, 0.3) is 0 Å². The predicted molar refractivity (Wildman–Crippen MR) is 241 cm³/mol. The Kier molecular flexibility index (Phi) is 15.3. The molecule has 3 saturated carbocycles. The van der Waals surface area contributed by atoms with Gasteiger partial charge in [-0.2, -0.15) is 0 Å². The van der Waals surface area contributed by atoms with Gasteiger partial charge in [0.1, 0.15) is 85.5 Å². The molecule has 0 aromatic rings. The quantitative estimate of drug-likeness (QED) is 0.107. The molecule has 71 heavy (non-hydrogen) atoms. The van der Waals surface area contributed by atoms with Crippen molar-refractivity contribution in [2.24, 2.45) is 46.3 Å². The highest BCUT2D eigenvalue weighted by Gasteiger charge is 2.69. The molecule has 6 aliphatic heterocycles. The van der Waals surface area contributed by atoms with Crippen molar-refractivity contribution in [2.75, 3.05) is 26.4 Å². The van der Waals surface area contributed by atoms with E-state index in [2.05, 4.69) is 33.8 Å². The maximum Gasteiger partial charge on any atom is 0.187 e. The van der Waals surface area contributed by atoms with Crippen molar-refractivity contribution >= 4 is 0 Å². The topological polar surface area (TPSA) is 315 Å². The minimum absolute atomic E-state index is 0.0572. The van der Waals surface area contributed by atoms with E-state index in [1.165, 1.54) is 12.5 Å². The summed E-state index contributed by atoms with van der Waals surface area (Å²) in [6.45, 7) is 9.56. The van der Waals surface area contributed by atoms with Gasteiger partial charge < -0.3 is 104 Å². The van der Waals surface area contributed by atoms with Crippen molar-refractivity contribution < 1.29 is 104 Å². The van der Waals surface area contributed by atoms with Crippen LogP contribution in [-0.2, 0) is 47.4 Å². The number of hydrogen-bond donors (Lipinski definition) is 11. The third-order valence-electron chi connectivity index (χ3n) is 19.4. The molecule has 21 heteroatoms. The van der Waals surface area contributed by atoms with Gasteiger partial charge in [-0.25, -0.2) is 0 Å². The molecule has 10 rings (SSSR count). The second-order valence-corrected chi connectivity index (χ2v) is 23.4. The summed E-state index contributed by atoms with van der Waals surface area (Å²) in [5.41, 5.74) is 1.43. The summed E-state index contributed by atoms with van der Waals surface area (Å²) < 4.78 is 61.7. The molecule has 21 nitrogen and oxygen atoms in total. The first-order valence-corrected chi connectivity index (χ1v) is 26.3. The highest BCUT2D eigenvalue weighted by atomic mass is 16.8. The fraction of sp³-hybridized carbons (Fsp3) is 0.960. The van der Waals surface area contributed by atoms with Gasteiger partial charge in [0, 0.05) is 12.3 Å². The Balaban J connectivity index is 0.841. The molecule has 0 bridgehead atoms. The van der Waals surface area contributed by atoms with Gasteiger partial charge in [0.05, 0.1) is 44.7 Å². The molecule has 11 N–H and O–H groups in total. The van der Waals surface area contributed by atoms with E-state index in [9.17, 15) is 56.2 Å². The van der Waals surface area contributed by atoms with Crippen LogP contribution in [0.15, 0.2) is 11.6 Å². The smallest absolute Gasteiger partial charge is 0.187 e. The van der Waals surface area contributed by atoms with E-state index in [4.69, 9.17) is 47.4 Å². The lowest BCUT2D eigenvalue weighted by atomic mass is 9.47. The van der Waals surface area contributed by atoms with E-state index in [1.807, 2.05) is 0 Å². The molecule has 9 fully saturated rings. The van der Waals surface area contributed by atoms with E-state index in [0.717, 1.165) is 51.6 Å². The van der Waals surface area contributed by atoms with E-state index in [-0.39, 0.29) is 16.9 Å². The Labute approximate surface area is 414 Å². The van der Waals surface area contributed by atoms with Crippen molar-refractivity contribution in [2.45, 2.75) is 227 Å². The normalized spacial score (nSPS) is 57.2. The molecule has 6 heterocycles. The molecule has 0 aromatic carbocycles. The third-order valence-corrected chi connectivity index (χ3v) is 19.4. The predicted octanol–water partition coefficient (Wildman–Crippen LogP) is -1.32. The number of fused-ring (bicyclic) bond motifs is 7. The first kappa shape index (κ1) is 53.3. The van der Waals surface area contributed by atoms with Crippen LogP contribution in [0.4, 0.5) is 0 Å². The van der Waals surface area contributed by atoms with Crippen LogP contribution in [0.5, 0.6) is 0 Å². The number of hydrogen-bond acceptors (Lipinski definition) is 21. The molecule has 10 aliphatic rings. The maximum absolute atomic E-state index is 12.2. The fourth-order valence-corrected chi connectivity index (χ4v) is 15.3. The van der Waals surface area contributed by atoms with E-state index in [0.29, 0.717) is 48.3 Å². The van der Waals surface area contributed by atoms with Crippen LogP contribution < -0.4 is 0 Å². The van der Waals surface area contributed by atoms with Gasteiger partial charge in [-0.05, 0) is 98.7 Å². The third kappa shape index (κ3) is 9.02. The lowest BCUT2D eigenvalue weighted by Crippen LogP contribution is -2.67. The zero-order chi connectivity index (χ0) is 50.6. The second kappa shape index (κ2) is 20.4. The highest BCUT2D eigenvalue weighted by Crippen LogP contribution is 2.71. The summed E-state index contributed by atoms with van der Waals surface area (Å²) in [4.78, 5) is 0. The molecule has 1 spiro atoms. The molecule has 6 saturated heterocycles. The monoisotopic (exact) mass is 1020 g/mol. The van der Waals surface area contributed by atoms with Gasteiger partial charge in [-0.3, -0.25) is 0 Å². The zero-order valence-corrected chi connectivity index (χ0v) is 41.4. The van der Waals surface area contributed by atoms with Crippen LogP contribution in [0, 0.1) is 46.3 Å². The molecule has 406 valence electrons. The summed E-state index contributed by atoms with van der Waals surface area (Å²) in [6.07, 6.45) is -19.6. The number of aliphatic hydroxyl groups is 11. The minimum atomic E-state index is -1.90. The number of allylic oxidation sites excluding steroid dienone is 1. The largest absolute Gasteiger partial charge is 0.394 e. The van der Waals surface area contributed by atoms with Crippen LogP contribution in [0.1, 0.15) is 92.4 Å². The van der Waals surface area contributed by atoms with Crippen molar-refractivity contribution in [1.29, 1.82) is 0 Å². The number of ether oxygens (including phenoxy) is 10. The average Bonchev–Trinajstić information content (AvgIpc) is 3.92. The number of aliphatic hydroxyl groups excluding tert-OH is 11. The molecule has 0 aromatic heterocycles. The summed E-state index contributed by atoms with van der Waals surface area (Å²) in [7, 11) is 0. The van der Waals surface area contributed by atoms with Gasteiger partial charge in [-0.1, -0.05) is 39.3 Å². The molecule has 30 atom stereocenters. The highest BCUT2D eigenvalue weighted by molar-refractivity contribution is 5.26. The first-order valence-electron chi connectivity index (χ1n) is 26.3. The summed E-state index contributed by atoms with van der Waals surface area (Å²) >= 11 is 0. The van der Waals surface area contributed by atoms with Crippen molar-refractivity contribution in [3.8, 4) is 0 Å². The maximum atomic E-state index is 12.2. The molecule has 4 aliphatic carbocycles. The molecule has 0 radical (unpaired) electrons. The second-order valence-electron chi connectivity index (χ2n) is 23.4. The minimum Gasteiger partial charge on any atom is -0.394 e. The standard InChI is InChI=1S/C50H80O21/c1-20-8-13-50(62-19-20)21(2)32-28(71-50)15-27-25-7-6-23-14-24(9-11-48(23,4)26(25)10-12-49(27,32)5)64-47-40(61)43(70-44-37(58)35(56)30(17-52)66-44)41(31(18-53)67-47)68-46-39(60)42(33(54)22(3)63-46)69-45-38(59)36(57)34(55)29(16-51)65-45/h6,20-22,24-47,51-61H,7-19H2,1-5H3. The van der Waals surface area contributed by atoms with Crippen LogP contribution >= 0.6 is 0 Å². The van der Waals surface area contributed by atoms with Crippen LogP contribution in [0.25, 0.3) is 0 Å². The van der Waals surface area contributed by atoms with Crippen LogP contribution in [0.3, 0.4) is 0 Å². The van der Waals surface area contributed by atoms with Crippen molar-refractivity contribution in [3.05, 3.63) is 11.6 Å². The van der Waals surface area contributed by atoms with E-state index < -0.39 is 148 Å². The van der Waals surface area contributed by atoms with Crippen LogP contribution in [-0.4, -0.2) is 217 Å². The van der Waals surface area contributed by atoms with Crippen LogP contribution in [0.2, 0.25) is 0 Å². The Hall–Kier alpha value is -1.10. The molecular formula is C50H80O21. The Morgan fingerprint density at radius 3 is 1.85 bits per heavy atom. The van der Waals surface area contributed by atoms with Gasteiger partial charge in [0.2, 0.25) is 0 Å². The summed E-state index contributed by atoms with van der Waals surface area (Å²) in [6, 6.07) is 0. The molecule has 0 amide bonds.